The predicted octanol–water partition coefficient (Wildman–Crippen LogP) is 3.04. The second-order valence-electron chi connectivity index (χ2n) is 6.47. The van der Waals surface area contributed by atoms with Crippen molar-refractivity contribution in [1.82, 2.24) is 14.5 Å². The molecule has 0 bridgehead atoms. The van der Waals surface area contributed by atoms with Gasteiger partial charge >= 0.3 is 0 Å². The SMILES string of the molecule is CCN1CC(Cn2ccnc2-c2ccc(OC)c(C)c2C)CC1=O. The fourth-order valence-electron chi connectivity index (χ4n) is 3.52. The van der Waals surface area contributed by atoms with Crippen LogP contribution in [0.1, 0.15) is 24.5 Å². The van der Waals surface area contributed by atoms with Crippen molar-refractivity contribution in [2.75, 3.05) is 20.2 Å². The standard InChI is InChI=1S/C19H25N3O2/c1-5-21-11-15(10-18(21)23)12-22-9-8-20-19(22)16-6-7-17(24-4)14(3)13(16)2/h6-9,15H,5,10-12H2,1-4H3. The summed E-state index contributed by atoms with van der Waals surface area (Å²) in [5.41, 5.74) is 3.44. The molecule has 0 saturated carbocycles. The zero-order valence-corrected chi connectivity index (χ0v) is 14.9. The van der Waals surface area contributed by atoms with E-state index in [-0.39, 0.29) is 5.91 Å². The molecule has 0 N–H and O–H groups in total. The first-order valence-electron chi connectivity index (χ1n) is 8.48. The average Bonchev–Trinajstić information content (AvgIpc) is 3.16. The van der Waals surface area contributed by atoms with E-state index in [9.17, 15) is 4.79 Å². The molecule has 1 amide bonds. The van der Waals surface area contributed by atoms with Crippen molar-refractivity contribution in [2.45, 2.75) is 33.7 Å². The summed E-state index contributed by atoms with van der Waals surface area (Å²) in [6.07, 6.45) is 4.47. The smallest absolute Gasteiger partial charge is 0.222 e. The van der Waals surface area contributed by atoms with Crippen LogP contribution < -0.4 is 4.74 Å². The van der Waals surface area contributed by atoms with Crippen LogP contribution >= 0.6 is 0 Å². The monoisotopic (exact) mass is 327 g/mol. The molecule has 1 aromatic carbocycles. The Balaban J connectivity index is 1.87. The van der Waals surface area contributed by atoms with E-state index in [0.29, 0.717) is 12.3 Å². The van der Waals surface area contributed by atoms with E-state index in [2.05, 4.69) is 29.5 Å². The van der Waals surface area contributed by atoms with Gasteiger partial charge in [-0.3, -0.25) is 4.79 Å². The molecule has 1 fully saturated rings. The molecule has 1 unspecified atom stereocenters. The highest BCUT2D eigenvalue weighted by molar-refractivity contribution is 5.78. The van der Waals surface area contributed by atoms with Crippen molar-refractivity contribution in [1.29, 1.82) is 0 Å². The summed E-state index contributed by atoms with van der Waals surface area (Å²) in [5, 5.41) is 0. The van der Waals surface area contributed by atoms with E-state index < -0.39 is 0 Å². The molecule has 3 rings (SSSR count). The third-order valence-electron chi connectivity index (χ3n) is 5.04. The molecule has 1 aliphatic heterocycles. The Labute approximate surface area is 143 Å². The number of carbonyl (C=O) groups is 1. The van der Waals surface area contributed by atoms with Crippen molar-refractivity contribution >= 4 is 5.91 Å². The van der Waals surface area contributed by atoms with Crippen LogP contribution in [-0.4, -0.2) is 40.6 Å². The van der Waals surface area contributed by atoms with Crippen molar-refractivity contribution in [3.05, 3.63) is 35.7 Å². The molecule has 1 aliphatic rings. The van der Waals surface area contributed by atoms with Crippen LogP contribution in [0.25, 0.3) is 11.4 Å². The first kappa shape index (κ1) is 16.6. The fraction of sp³-hybridized carbons (Fsp3) is 0.474. The lowest BCUT2D eigenvalue weighted by Crippen LogP contribution is -2.25. The number of carbonyl (C=O) groups excluding carboxylic acids is 1. The minimum Gasteiger partial charge on any atom is -0.496 e. The molecule has 128 valence electrons. The highest BCUT2D eigenvalue weighted by Crippen LogP contribution is 2.31. The number of rotatable bonds is 5. The van der Waals surface area contributed by atoms with E-state index in [1.54, 1.807) is 7.11 Å². The predicted molar refractivity (Wildman–Crippen MR) is 94.1 cm³/mol. The fourth-order valence-corrected chi connectivity index (χ4v) is 3.52. The molecule has 2 aromatic rings. The van der Waals surface area contributed by atoms with E-state index in [0.717, 1.165) is 42.3 Å². The van der Waals surface area contributed by atoms with Crippen LogP contribution in [0.15, 0.2) is 24.5 Å². The summed E-state index contributed by atoms with van der Waals surface area (Å²) in [7, 11) is 1.69. The van der Waals surface area contributed by atoms with Gasteiger partial charge in [0.05, 0.1) is 7.11 Å². The zero-order chi connectivity index (χ0) is 17.3. The Kier molecular flexibility index (Phi) is 4.60. The summed E-state index contributed by atoms with van der Waals surface area (Å²) < 4.78 is 7.57. The molecule has 1 atom stereocenters. The lowest BCUT2D eigenvalue weighted by Gasteiger charge is -2.17. The van der Waals surface area contributed by atoms with Crippen molar-refractivity contribution in [3.63, 3.8) is 0 Å². The lowest BCUT2D eigenvalue weighted by molar-refractivity contribution is -0.127. The molecular weight excluding hydrogens is 302 g/mol. The van der Waals surface area contributed by atoms with Crippen LogP contribution in [0, 0.1) is 19.8 Å². The zero-order valence-electron chi connectivity index (χ0n) is 14.9. The van der Waals surface area contributed by atoms with Crippen LogP contribution in [0.2, 0.25) is 0 Å². The first-order valence-corrected chi connectivity index (χ1v) is 8.48. The Morgan fingerprint density at radius 1 is 1.29 bits per heavy atom. The van der Waals surface area contributed by atoms with Gasteiger partial charge in [-0.15, -0.1) is 0 Å². The minimum atomic E-state index is 0.264. The maximum absolute atomic E-state index is 12.0. The molecule has 1 aromatic heterocycles. The first-order chi connectivity index (χ1) is 11.5. The van der Waals surface area contributed by atoms with E-state index in [1.807, 2.05) is 30.3 Å². The number of hydrogen-bond donors (Lipinski definition) is 0. The topological polar surface area (TPSA) is 47.4 Å². The number of hydrogen-bond acceptors (Lipinski definition) is 3. The number of nitrogens with zero attached hydrogens (tertiary/aromatic N) is 3. The number of methoxy groups -OCH3 is 1. The third kappa shape index (κ3) is 2.90. The Morgan fingerprint density at radius 3 is 2.75 bits per heavy atom. The number of likely N-dealkylation sites (tertiary alicyclic amines) is 1. The third-order valence-corrected chi connectivity index (χ3v) is 5.04. The molecule has 0 spiro atoms. The normalized spacial score (nSPS) is 17.6. The number of imidazole rings is 1. The van der Waals surface area contributed by atoms with Gasteiger partial charge in [-0.1, -0.05) is 0 Å². The Morgan fingerprint density at radius 2 is 2.08 bits per heavy atom. The summed E-state index contributed by atoms with van der Waals surface area (Å²) in [6, 6.07) is 4.06. The van der Waals surface area contributed by atoms with Gasteiger partial charge in [0.25, 0.3) is 0 Å². The van der Waals surface area contributed by atoms with E-state index >= 15 is 0 Å². The summed E-state index contributed by atoms with van der Waals surface area (Å²) in [4.78, 5) is 18.5. The van der Waals surface area contributed by atoms with Gasteiger partial charge in [0, 0.05) is 49.9 Å². The molecule has 0 aliphatic carbocycles. The number of amides is 1. The summed E-state index contributed by atoms with van der Waals surface area (Å²) >= 11 is 0. The summed E-state index contributed by atoms with van der Waals surface area (Å²) in [5.74, 6) is 2.47. The van der Waals surface area contributed by atoms with Gasteiger partial charge in [0.2, 0.25) is 5.91 Å². The van der Waals surface area contributed by atoms with Crippen molar-refractivity contribution in [3.8, 4) is 17.1 Å². The second kappa shape index (κ2) is 6.67. The maximum atomic E-state index is 12.0. The van der Waals surface area contributed by atoms with Gasteiger partial charge in [0.1, 0.15) is 11.6 Å². The van der Waals surface area contributed by atoms with Crippen LogP contribution in [0.3, 0.4) is 0 Å². The molecule has 1 saturated heterocycles. The highest BCUT2D eigenvalue weighted by atomic mass is 16.5. The lowest BCUT2D eigenvalue weighted by atomic mass is 10.0. The average molecular weight is 327 g/mol. The highest BCUT2D eigenvalue weighted by Gasteiger charge is 2.29. The quantitative estimate of drug-likeness (QED) is 0.848. The number of aromatic nitrogens is 2. The summed E-state index contributed by atoms with van der Waals surface area (Å²) in [6.45, 7) is 8.66. The Hall–Kier alpha value is -2.30. The Bertz CT molecular complexity index is 751. The molecule has 24 heavy (non-hydrogen) atoms. The molecular formula is C19H25N3O2. The molecule has 2 heterocycles. The number of benzene rings is 1. The van der Waals surface area contributed by atoms with Gasteiger partial charge in [-0.2, -0.15) is 0 Å². The van der Waals surface area contributed by atoms with E-state index in [4.69, 9.17) is 4.74 Å². The van der Waals surface area contributed by atoms with Gasteiger partial charge in [-0.05, 0) is 44.0 Å². The maximum Gasteiger partial charge on any atom is 0.222 e. The van der Waals surface area contributed by atoms with Gasteiger partial charge in [0.15, 0.2) is 0 Å². The van der Waals surface area contributed by atoms with Crippen LogP contribution in [-0.2, 0) is 11.3 Å². The minimum absolute atomic E-state index is 0.264. The largest absolute Gasteiger partial charge is 0.496 e. The van der Waals surface area contributed by atoms with E-state index in [1.165, 1.54) is 5.56 Å². The molecule has 5 heteroatoms. The van der Waals surface area contributed by atoms with Gasteiger partial charge in [-0.25, -0.2) is 4.98 Å². The second-order valence-corrected chi connectivity index (χ2v) is 6.47. The number of ether oxygens (including phenoxy) is 1. The van der Waals surface area contributed by atoms with Gasteiger partial charge < -0.3 is 14.2 Å². The van der Waals surface area contributed by atoms with Crippen molar-refractivity contribution in [2.24, 2.45) is 5.92 Å². The van der Waals surface area contributed by atoms with Crippen LogP contribution in [0.5, 0.6) is 5.75 Å². The molecule has 5 nitrogen and oxygen atoms in total. The van der Waals surface area contributed by atoms with Crippen molar-refractivity contribution < 1.29 is 9.53 Å². The van der Waals surface area contributed by atoms with Crippen LogP contribution in [0.4, 0.5) is 0 Å². The molecule has 0 radical (unpaired) electrons.